The van der Waals surface area contributed by atoms with Gasteiger partial charge in [-0.3, -0.25) is 0 Å². The monoisotopic (exact) mass is 152 g/mol. The number of hydrogen-bond donors (Lipinski definition) is 1. The molecule has 0 bridgehead atoms. The zero-order valence-corrected chi connectivity index (χ0v) is 6.87. The first-order chi connectivity index (χ1) is 5.43. The van der Waals surface area contributed by atoms with Crippen molar-refractivity contribution in [2.24, 2.45) is 5.92 Å². The average Bonchev–Trinajstić information content (AvgIpc) is 2.07. The van der Waals surface area contributed by atoms with E-state index in [0.717, 1.165) is 18.8 Å². The second kappa shape index (κ2) is 5.14. The summed E-state index contributed by atoms with van der Waals surface area (Å²) in [5.41, 5.74) is 0. The predicted octanol–water partition coefficient (Wildman–Crippen LogP) is 2.28. The minimum absolute atomic E-state index is 0.340. The highest BCUT2D eigenvalue weighted by molar-refractivity contribution is 5.10. The first-order valence-electron chi connectivity index (χ1n) is 4.37. The van der Waals surface area contributed by atoms with Gasteiger partial charge in [0.25, 0.3) is 0 Å². The van der Waals surface area contributed by atoms with Crippen molar-refractivity contribution in [2.45, 2.75) is 25.7 Å². The van der Waals surface area contributed by atoms with Gasteiger partial charge in [-0.25, -0.2) is 0 Å². The summed E-state index contributed by atoms with van der Waals surface area (Å²) >= 11 is 0. The predicted molar refractivity (Wildman–Crippen MR) is 47.3 cm³/mol. The van der Waals surface area contributed by atoms with Crippen LogP contribution in [0.2, 0.25) is 0 Å². The summed E-state index contributed by atoms with van der Waals surface area (Å²) in [6.07, 6.45) is 13.2. The van der Waals surface area contributed by atoms with Crippen molar-refractivity contribution >= 4 is 0 Å². The molecule has 1 heteroatoms. The second-order valence-corrected chi connectivity index (χ2v) is 3.03. The molecule has 1 nitrogen and oxygen atoms in total. The topological polar surface area (TPSA) is 20.2 Å². The molecule has 0 amide bonds. The van der Waals surface area contributed by atoms with E-state index in [1.807, 2.05) is 0 Å². The number of unbranched alkanes of at least 4 members (excludes halogenated alkanes) is 1. The maximum Gasteiger partial charge on any atom is 0.0431 e. The lowest BCUT2D eigenvalue weighted by atomic mass is 9.95. The minimum atomic E-state index is 0.340. The summed E-state index contributed by atoms with van der Waals surface area (Å²) in [5.74, 6) is 0.728. The van der Waals surface area contributed by atoms with Gasteiger partial charge >= 0.3 is 0 Å². The Morgan fingerprint density at radius 3 is 2.82 bits per heavy atom. The van der Waals surface area contributed by atoms with Gasteiger partial charge < -0.3 is 5.11 Å². The van der Waals surface area contributed by atoms with Crippen LogP contribution in [0.5, 0.6) is 0 Å². The standard InChI is InChI=1S/C10H16O/c11-9-5-4-8-10-6-2-1-3-7-10/h1-3,6,10-11H,4-5,7-9H2. The Hall–Kier alpha value is -0.560. The van der Waals surface area contributed by atoms with Crippen LogP contribution in [0.4, 0.5) is 0 Å². The van der Waals surface area contributed by atoms with E-state index in [9.17, 15) is 0 Å². The molecular weight excluding hydrogens is 136 g/mol. The van der Waals surface area contributed by atoms with Crippen molar-refractivity contribution in [3.05, 3.63) is 24.3 Å². The highest BCUT2D eigenvalue weighted by Crippen LogP contribution is 2.17. The van der Waals surface area contributed by atoms with Gasteiger partial charge in [-0.1, -0.05) is 30.7 Å². The van der Waals surface area contributed by atoms with E-state index < -0.39 is 0 Å². The van der Waals surface area contributed by atoms with Crippen LogP contribution >= 0.6 is 0 Å². The minimum Gasteiger partial charge on any atom is -0.396 e. The quantitative estimate of drug-likeness (QED) is 0.613. The first kappa shape index (κ1) is 8.54. The molecule has 0 fully saturated rings. The Morgan fingerprint density at radius 2 is 2.18 bits per heavy atom. The summed E-state index contributed by atoms with van der Waals surface area (Å²) in [5, 5.41) is 8.56. The maximum atomic E-state index is 8.56. The zero-order valence-electron chi connectivity index (χ0n) is 6.87. The van der Waals surface area contributed by atoms with Crippen molar-refractivity contribution in [1.29, 1.82) is 0 Å². The van der Waals surface area contributed by atoms with Gasteiger partial charge in [-0.2, -0.15) is 0 Å². The van der Waals surface area contributed by atoms with Crippen LogP contribution in [0.15, 0.2) is 24.3 Å². The highest BCUT2D eigenvalue weighted by atomic mass is 16.2. The second-order valence-electron chi connectivity index (χ2n) is 3.03. The number of aliphatic hydroxyl groups is 1. The van der Waals surface area contributed by atoms with E-state index in [-0.39, 0.29) is 0 Å². The molecule has 11 heavy (non-hydrogen) atoms. The smallest absolute Gasteiger partial charge is 0.0431 e. The lowest BCUT2D eigenvalue weighted by Gasteiger charge is -2.11. The molecule has 0 aromatic carbocycles. The third kappa shape index (κ3) is 3.38. The highest BCUT2D eigenvalue weighted by Gasteiger charge is 2.03. The lowest BCUT2D eigenvalue weighted by molar-refractivity contribution is 0.280. The first-order valence-corrected chi connectivity index (χ1v) is 4.37. The molecule has 1 unspecified atom stereocenters. The maximum absolute atomic E-state index is 8.56. The molecule has 0 aliphatic heterocycles. The van der Waals surface area contributed by atoms with Crippen LogP contribution in [0.25, 0.3) is 0 Å². The van der Waals surface area contributed by atoms with Crippen LogP contribution in [-0.4, -0.2) is 11.7 Å². The molecule has 0 aromatic rings. The van der Waals surface area contributed by atoms with E-state index in [1.54, 1.807) is 0 Å². The van der Waals surface area contributed by atoms with Crippen LogP contribution < -0.4 is 0 Å². The summed E-state index contributed by atoms with van der Waals surface area (Å²) in [4.78, 5) is 0. The lowest BCUT2D eigenvalue weighted by Crippen LogP contribution is -1.97. The van der Waals surface area contributed by atoms with Crippen LogP contribution in [0, 0.1) is 5.92 Å². The van der Waals surface area contributed by atoms with Gasteiger partial charge in [0.05, 0.1) is 0 Å². The Morgan fingerprint density at radius 1 is 1.27 bits per heavy atom. The summed E-state index contributed by atoms with van der Waals surface area (Å²) < 4.78 is 0. The van der Waals surface area contributed by atoms with Crippen molar-refractivity contribution in [3.63, 3.8) is 0 Å². The van der Waals surface area contributed by atoms with Gasteiger partial charge in [0.1, 0.15) is 0 Å². The van der Waals surface area contributed by atoms with Gasteiger partial charge in [0.15, 0.2) is 0 Å². The third-order valence-electron chi connectivity index (χ3n) is 2.05. The van der Waals surface area contributed by atoms with Gasteiger partial charge in [0.2, 0.25) is 0 Å². The third-order valence-corrected chi connectivity index (χ3v) is 2.05. The Kier molecular flexibility index (Phi) is 3.99. The van der Waals surface area contributed by atoms with Crippen molar-refractivity contribution in [3.8, 4) is 0 Å². The van der Waals surface area contributed by atoms with Crippen LogP contribution in [-0.2, 0) is 0 Å². The van der Waals surface area contributed by atoms with E-state index in [1.165, 1.54) is 12.8 Å². The fourth-order valence-electron chi connectivity index (χ4n) is 1.36. The van der Waals surface area contributed by atoms with Crippen LogP contribution in [0.1, 0.15) is 25.7 Å². The van der Waals surface area contributed by atoms with Crippen molar-refractivity contribution in [1.82, 2.24) is 0 Å². The summed E-state index contributed by atoms with van der Waals surface area (Å²) in [6.45, 7) is 0.340. The molecule has 0 saturated carbocycles. The normalized spacial score (nSPS) is 22.5. The molecule has 0 saturated heterocycles. The molecular formula is C10H16O. The van der Waals surface area contributed by atoms with Gasteiger partial charge in [-0.15, -0.1) is 0 Å². The average molecular weight is 152 g/mol. The summed E-state index contributed by atoms with van der Waals surface area (Å²) in [6, 6.07) is 0. The fraction of sp³-hybridized carbons (Fsp3) is 0.600. The number of allylic oxidation sites excluding steroid dienone is 4. The Labute approximate surface area is 68.4 Å². The van der Waals surface area contributed by atoms with E-state index in [0.29, 0.717) is 6.61 Å². The molecule has 1 atom stereocenters. The Bertz CT molecular complexity index is 147. The number of aliphatic hydroxyl groups excluding tert-OH is 1. The van der Waals surface area contributed by atoms with Gasteiger partial charge in [-0.05, 0) is 25.2 Å². The van der Waals surface area contributed by atoms with E-state index >= 15 is 0 Å². The van der Waals surface area contributed by atoms with Gasteiger partial charge in [0, 0.05) is 6.61 Å². The molecule has 0 radical (unpaired) electrons. The molecule has 1 aliphatic carbocycles. The molecule has 1 rings (SSSR count). The SMILES string of the molecule is OCCCCC1C=CC=CC1. The fourth-order valence-corrected chi connectivity index (χ4v) is 1.36. The molecule has 62 valence electrons. The number of hydrogen-bond acceptors (Lipinski definition) is 1. The summed E-state index contributed by atoms with van der Waals surface area (Å²) in [7, 11) is 0. The number of rotatable bonds is 4. The Balaban J connectivity index is 2.07. The van der Waals surface area contributed by atoms with E-state index in [4.69, 9.17) is 5.11 Å². The van der Waals surface area contributed by atoms with Crippen LogP contribution in [0.3, 0.4) is 0 Å². The van der Waals surface area contributed by atoms with Crippen molar-refractivity contribution < 1.29 is 5.11 Å². The van der Waals surface area contributed by atoms with E-state index in [2.05, 4.69) is 24.3 Å². The zero-order chi connectivity index (χ0) is 7.94. The van der Waals surface area contributed by atoms with Crippen molar-refractivity contribution in [2.75, 3.05) is 6.61 Å². The molecule has 0 aromatic heterocycles. The molecule has 0 spiro atoms. The molecule has 1 aliphatic rings. The largest absolute Gasteiger partial charge is 0.396 e. The molecule has 1 N–H and O–H groups in total. The molecule has 0 heterocycles.